The average molecular weight is 172 g/mol. The number of β-amino-alcohol motifs (C(OH)–C–C–N with tert-alkyl or cyclic N) is 1. The number of nitrogens with zero attached hydrogens (tertiary/aromatic N) is 1. The van der Waals surface area contributed by atoms with Crippen molar-refractivity contribution in [2.45, 2.75) is 12.5 Å². The highest BCUT2D eigenvalue weighted by molar-refractivity contribution is 5.50. The number of aldehydes is 1. The topological polar surface area (TPSA) is 52.6 Å². The fraction of sp³-hybridized carbons (Fsp3) is 0.875. The van der Waals surface area contributed by atoms with Crippen LogP contribution in [0.5, 0.6) is 0 Å². The van der Waals surface area contributed by atoms with Gasteiger partial charge in [0.1, 0.15) is 6.29 Å². The molecule has 1 rings (SSSR count). The Morgan fingerprint density at radius 2 is 2.50 bits per heavy atom. The first kappa shape index (κ1) is 9.64. The van der Waals surface area contributed by atoms with Crippen LogP contribution in [0.15, 0.2) is 0 Å². The number of hydrogen-bond donors (Lipinski definition) is 2. The summed E-state index contributed by atoms with van der Waals surface area (Å²) < 4.78 is 0. The van der Waals surface area contributed by atoms with Gasteiger partial charge in [-0.3, -0.25) is 4.90 Å². The Morgan fingerprint density at radius 1 is 1.67 bits per heavy atom. The predicted molar refractivity (Wildman–Crippen MR) is 46.0 cm³/mol. The molecule has 0 aromatic rings. The van der Waals surface area contributed by atoms with Crippen molar-refractivity contribution in [1.82, 2.24) is 10.2 Å². The van der Waals surface area contributed by atoms with Crippen molar-refractivity contribution in [3.8, 4) is 0 Å². The van der Waals surface area contributed by atoms with E-state index in [9.17, 15) is 4.79 Å². The van der Waals surface area contributed by atoms with Gasteiger partial charge in [0, 0.05) is 38.6 Å². The molecule has 0 bridgehead atoms. The SMILES string of the molecule is O=CCC1CNCCN1CCO. The van der Waals surface area contributed by atoms with Crippen molar-refractivity contribution < 1.29 is 9.90 Å². The lowest BCUT2D eigenvalue weighted by atomic mass is 10.1. The molecule has 4 heteroatoms. The number of carbonyl (C=O) groups excluding carboxylic acids is 1. The Balaban J connectivity index is 2.36. The van der Waals surface area contributed by atoms with E-state index in [1.165, 1.54) is 0 Å². The van der Waals surface area contributed by atoms with Gasteiger partial charge in [0.25, 0.3) is 0 Å². The fourth-order valence-electron chi connectivity index (χ4n) is 1.57. The number of nitrogens with one attached hydrogen (secondary N) is 1. The maximum absolute atomic E-state index is 10.3. The minimum absolute atomic E-state index is 0.176. The van der Waals surface area contributed by atoms with Crippen LogP contribution in [0, 0.1) is 0 Å². The molecular formula is C8H16N2O2. The summed E-state index contributed by atoms with van der Waals surface area (Å²) in [5.41, 5.74) is 0. The summed E-state index contributed by atoms with van der Waals surface area (Å²) in [6.07, 6.45) is 1.51. The van der Waals surface area contributed by atoms with Crippen LogP contribution in [-0.2, 0) is 4.79 Å². The van der Waals surface area contributed by atoms with Gasteiger partial charge in [0.2, 0.25) is 0 Å². The van der Waals surface area contributed by atoms with Crippen molar-refractivity contribution in [2.75, 3.05) is 32.8 Å². The normalized spacial score (nSPS) is 25.6. The average Bonchev–Trinajstić information content (AvgIpc) is 2.09. The van der Waals surface area contributed by atoms with Crippen molar-refractivity contribution >= 4 is 6.29 Å². The van der Waals surface area contributed by atoms with Gasteiger partial charge < -0.3 is 15.2 Å². The Kier molecular flexibility index (Phi) is 4.21. The van der Waals surface area contributed by atoms with Crippen LogP contribution in [0.4, 0.5) is 0 Å². The van der Waals surface area contributed by atoms with E-state index in [2.05, 4.69) is 10.2 Å². The van der Waals surface area contributed by atoms with Crippen LogP contribution in [0.3, 0.4) is 0 Å². The Bertz CT molecular complexity index is 139. The van der Waals surface area contributed by atoms with Gasteiger partial charge in [0.05, 0.1) is 6.61 Å². The zero-order chi connectivity index (χ0) is 8.81. The molecule has 0 spiro atoms. The minimum Gasteiger partial charge on any atom is -0.395 e. The van der Waals surface area contributed by atoms with E-state index in [1.807, 2.05) is 0 Å². The van der Waals surface area contributed by atoms with Crippen molar-refractivity contribution in [3.63, 3.8) is 0 Å². The molecule has 1 aliphatic rings. The lowest BCUT2D eigenvalue weighted by Gasteiger charge is -2.34. The third kappa shape index (κ3) is 2.55. The Morgan fingerprint density at radius 3 is 3.17 bits per heavy atom. The van der Waals surface area contributed by atoms with Crippen LogP contribution >= 0.6 is 0 Å². The first-order valence-corrected chi connectivity index (χ1v) is 4.37. The van der Waals surface area contributed by atoms with Gasteiger partial charge >= 0.3 is 0 Å². The largest absolute Gasteiger partial charge is 0.395 e. The molecule has 1 fully saturated rings. The van der Waals surface area contributed by atoms with Crippen molar-refractivity contribution in [1.29, 1.82) is 0 Å². The molecule has 0 radical (unpaired) electrons. The molecule has 1 aliphatic heterocycles. The van der Waals surface area contributed by atoms with Crippen LogP contribution in [0.2, 0.25) is 0 Å². The van der Waals surface area contributed by atoms with E-state index in [4.69, 9.17) is 5.11 Å². The second-order valence-corrected chi connectivity index (χ2v) is 3.02. The summed E-state index contributed by atoms with van der Waals surface area (Å²) in [4.78, 5) is 12.5. The summed E-state index contributed by atoms with van der Waals surface area (Å²) in [5, 5.41) is 12.0. The van der Waals surface area contributed by atoms with Crippen LogP contribution in [-0.4, -0.2) is 55.1 Å². The van der Waals surface area contributed by atoms with E-state index in [0.717, 1.165) is 25.9 Å². The summed E-state index contributed by atoms with van der Waals surface area (Å²) in [7, 11) is 0. The van der Waals surface area contributed by atoms with Crippen LogP contribution < -0.4 is 5.32 Å². The molecule has 1 heterocycles. The molecule has 1 saturated heterocycles. The summed E-state index contributed by atoms with van der Waals surface area (Å²) >= 11 is 0. The van der Waals surface area contributed by atoms with E-state index in [1.54, 1.807) is 0 Å². The van der Waals surface area contributed by atoms with Gasteiger partial charge in [-0.25, -0.2) is 0 Å². The molecule has 1 unspecified atom stereocenters. The zero-order valence-corrected chi connectivity index (χ0v) is 7.20. The molecule has 1 atom stereocenters. The van der Waals surface area contributed by atoms with E-state index in [-0.39, 0.29) is 12.6 Å². The third-order valence-electron chi connectivity index (χ3n) is 2.23. The molecule has 0 aromatic carbocycles. The molecule has 0 saturated carbocycles. The molecule has 0 amide bonds. The number of aliphatic hydroxyl groups is 1. The van der Waals surface area contributed by atoms with E-state index >= 15 is 0 Å². The third-order valence-corrected chi connectivity index (χ3v) is 2.23. The van der Waals surface area contributed by atoms with Crippen molar-refractivity contribution in [3.05, 3.63) is 0 Å². The standard InChI is InChI=1S/C8H16N2O2/c11-5-1-8-7-9-2-3-10(8)4-6-12/h5,8-9,12H,1-4,6-7H2. The quantitative estimate of drug-likeness (QED) is 0.525. The highest BCUT2D eigenvalue weighted by Gasteiger charge is 2.20. The Labute approximate surface area is 72.6 Å². The molecular weight excluding hydrogens is 156 g/mol. The van der Waals surface area contributed by atoms with Gasteiger partial charge in [-0.1, -0.05) is 0 Å². The van der Waals surface area contributed by atoms with E-state index < -0.39 is 0 Å². The number of piperazine rings is 1. The Hall–Kier alpha value is -0.450. The number of aliphatic hydroxyl groups excluding tert-OH is 1. The van der Waals surface area contributed by atoms with Crippen molar-refractivity contribution in [2.24, 2.45) is 0 Å². The van der Waals surface area contributed by atoms with E-state index in [0.29, 0.717) is 13.0 Å². The second-order valence-electron chi connectivity index (χ2n) is 3.02. The maximum atomic E-state index is 10.3. The second kappa shape index (κ2) is 5.24. The fourth-order valence-corrected chi connectivity index (χ4v) is 1.57. The molecule has 0 aromatic heterocycles. The first-order valence-electron chi connectivity index (χ1n) is 4.37. The van der Waals surface area contributed by atoms with Crippen LogP contribution in [0.1, 0.15) is 6.42 Å². The molecule has 0 aliphatic carbocycles. The smallest absolute Gasteiger partial charge is 0.121 e. The number of hydrogen-bond acceptors (Lipinski definition) is 4. The maximum Gasteiger partial charge on any atom is 0.121 e. The molecule has 12 heavy (non-hydrogen) atoms. The minimum atomic E-state index is 0.176. The van der Waals surface area contributed by atoms with Gasteiger partial charge in [0.15, 0.2) is 0 Å². The first-order chi connectivity index (χ1) is 5.88. The number of carbonyl (C=O) groups is 1. The lowest BCUT2D eigenvalue weighted by molar-refractivity contribution is -0.109. The molecule has 2 N–H and O–H groups in total. The summed E-state index contributed by atoms with van der Waals surface area (Å²) in [6, 6.07) is 0.281. The predicted octanol–water partition coefficient (Wildman–Crippen LogP) is -1.16. The lowest BCUT2D eigenvalue weighted by Crippen LogP contribution is -2.52. The molecule has 70 valence electrons. The highest BCUT2D eigenvalue weighted by Crippen LogP contribution is 2.04. The van der Waals surface area contributed by atoms with Gasteiger partial charge in [-0.15, -0.1) is 0 Å². The summed E-state index contributed by atoms with van der Waals surface area (Å²) in [5.74, 6) is 0. The van der Waals surface area contributed by atoms with Gasteiger partial charge in [-0.2, -0.15) is 0 Å². The highest BCUT2D eigenvalue weighted by atomic mass is 16.3. The monoisotopic (exact) mass is 172 g/mol. The molecule has 4 nitrogen and oxygen atoms in total. The number of rotatable bonds is 4. The van der Waals surface area contributed by atoms with Gasteiger partial charge in [-0.05, 0) is 0 Å². The summed E-state index contributed by atoms with van der Waals surface area (Å²) in [6.45, 7) is 3.60. The zero-order valence-electron chi connectivity index (χ0n) is 7.20. The van der Waals surface area contributed by atoms with Crippen LogP contribution in [0.25, 0.3) is 0 Å².